The van der Waals surface area contributed by atoms with Crippen LogP contribution < -0.4 is 0 Å². The Hall–Kier alpha value is -1.13. The molecule has 1 aromatic heterocycles. The summed E-state index contributed by atoms with van der Waals surface area (Å²) in [6, 6.07) is 0. The van der Waals surface area contributed by atoms with Crippen LogP contribution in [0.25, 0.3) is 0 Å². The largest absolute Gasteiger partial charge is 0.334 e. The van der Waals surface area contributed by atoms with Crippen LogP contribution in [-0.2, 0) is 19.8 Å². The van der Waals surface area contributed by atoms with Crippen molar-refractivity contribution in [3.63, 3.8) is 0 Å². The van der Waals surface area contributed by atoms with Crippen molar-refractivity contribution < 1.29 is 0 Å². The van der Waals surface area contributed by atoms with Crippen LogP contribution in [0.2, 0.25) is 0 Å². The molecule has 0 aliphatic carbocycles. The Morgan fingerprint density at radius 3 is 2.67 bits per heavy atom. The molecule has 0 aliphatic rings. The minimum absolute atomic E-state index is 0.344. The summed E-state index contributed by atoms with van der Waals surface area (Å²) in [7, 11) is 3.91. The molecular weight excluding hydrogens is 153 g/mol. The molecule has 4 nitrogen and oxygen atoms in total. The molecular formula is C7H12BN3O. The third-order valence-corrected chi connectivity index (χ3v) is 2.02. The molecule has 0 bridgehead atoms. The van der Waals surface area contributed by atoms with E-state index in [1.54, 1.807) is 0 Å². The Balaban J connectivity index is 3.22. The Kier molecular flexibility index (Phi) is 2.63. The second kappa shape index (κ2) is 3.52. The van der Waals surface area contributed by atoms with Gasteiger partial charge in [0.25, 0.3) is 0 Å². The maximum atomic E-state index is 10.3. The van der Waals surface area contributed by atoms with Crippen LogP contribution in [0.15, 0.2) is 5.18 Å². The van der Waals surface area contributed by atoms with Crippen molar-refractivity contribution >= 4 is 13.7 Å². The summed E-state index contributed by atoms with van der Waals surface area (Å²) in [5, 5.41) is 2.89. The fourth-order valence-electron chi connectivity index (χ4n) is 1.35. The van der Waals surface area contributed by atoms with Crippen LogP contribution in [0.5, 0.6) is 0 Å². The highest BCUT2D eigenvalue weighted by Crippen LogP contribution is 2.18. The van der Waals surface area contributed by atoms with Crippen LogP contribution in [0.4, 0.5) is 5.82 Å². The lowest BCUT2D eigenvalue weighted by Gasteiger charge is -2.00. The van der Waals surface area contributed by atoms with E-state index >= 15 is 0 Å². The van der Waals surface area contributed by atoms with Crippen molar-refractivity contribution in [1.29, 1.82) is 0 Å². The molecule has 1 rings (SSSR count). The molecule has 0 saturated carbocycles. The lowest BCUT2D eigenvalue weighted by Crippen LogP contribution is -2.00. The van der Waals surface area contributed by atoms with Crippen LogP contribution in [0.3, 0.4) is 0 Å². The molecule has 0 radical (unpaired) electrons. The fraction of sp³-hybridized carbons (Fsp3) is 0.571. The van der Waals surface area contributed by atoms with Crippen LogP contribution >= 0.6 is 0 Å². The van der Waals surface area contributed by atoms with Gasteiger partial charge in [-0.05, 0) is 11.5 Å². The Bertz CT molecular complexity index is 295. The van der Waals surface area contributed by atoms with E-state index in [0.717, 1.165) is 24.3 Å². The number of hydrogen-bond donors (Lipinski definition) is 0. The molecule has 0 spiro atoms. The average molecular weight is 165 g/mol. The highest BCUT2D eigenvalue weighted by Gasteiger charge is 2.11. The van der Waals surface area contributed by atoms with Crippen molar-refractivity contribution in [3.05, 3.63) is 16.4 Å². The van der Waals surface area contributed by atoms with Gasteiger partial charge in [0, 0.05) is 13.5 Å². The molecule has 1 heterocycles. The maximum Gasteiger partial charge on any atom is 0.217 e. The van der Waals surface area contributed by atoms with E-state index in [9.17, 15) is 4.91 Å². The van der Waals surface area contributed by atoms with Crippen molar-refractivity contribution in [2.24, 2.45) is 12.2 Å². The first-order chi connectivity index (χ1) is 5.74. The normalized spacial score (nSPS) is 10.2. The highest BCUT2D eigenvalue weighted by molar-refractivity contribution is 6.08. The molecule has 0 unspecified atom stereocenters. The minimum Gasteiger partial charge on any atom is -0.334 e. The van der Waals surface area contributed by atoms with Gasteiger partial charge in [-0.25, -0.2) is 4.98 Å². The van der Waals surface area contributed by atoms with E-state index in [4.69, 9.17) is 0 Å². The number of rotatable bonds is 3. The summed E-state index contributed by atoms with van der Waals surface area (Å²) in [5.74, 6) is 1.26. The maximum absolute atomic E-state index is 10.3. The molecule has 0 N–H and O–H groups in total. The molecule has 12 heavy (non-hydrogen) atoms. The van der Waals surface area contributed by atoms with Gasteiger partial charge < -0.3 is 4.57 Å². The van der Waals surface area contributed by atoms with Gasteiger partial charge in [-0.3, -0.25) is 0 Å². The topological polar surface area (TPSA) is 47.2 Å². The molecule has 0 fully saturated rings. The van der Waals surface area contributed by atoms with Crippen LogP contribution in [0.1, 0.15) is 18.4 Å². The number of aryl methyl sites for hydroxylation is 1. The first-order valence-corrected chi connectivity index (χ1v) is 4.12. The average Bonchev–Trinajstić information content (AvgIpc) is 2.41. The smallest absolute Gasteiger partial charge is 0.217 e. The van der Waals surface area contributed by atoms with E-state index in [1.165, 1.54) is 0 Å². The van der Waals surface area contributed by atoms with Gasteiger partial charge in [0.15, 0.2) is 0 Å². The fourth-order valence-corrected chi connectivity index (χ4v) is 1.35. The van der Waals surface area contributed by atoms with Crippen molar-refractivity contribution in [1.82, 2.24) is 9.55 Å². The zero-order valence-electron chi connectivity index (χ0n) is 7.66. The summed E-state index contributed by atoms with van der Waals surface area (Å²) in [4.78, 5) is 14.4. The van der Waals surface area contributed by atoms with E-state index in [1.807, 2.05) is 26.4 Å². The monoisotopic (exact) mass is 165 g/mol. The summed E-state index contributed by atoms with van der Waals surface area (Å²) in [5.41, 5.74) is 0.918. The lowest BCUT2D eigenvalue weighted by atomic mass is 10.0. The predicted molar refractivity (Wildman–Crippen MR) is 50.3 cm³/mol. The van der Waals surface area contributed by atoms with Gasteiger partial charge in [-0.2, -0.15) is 0 Å². The number of nitroso groups, excluding NO2 is 1. The molecule has 64 valence electrons. The number of aromatic nitrogens is 2. The summed E-state index contributed by atoms with van der Waals surface area (Å²) in [6.45, 7) is 2.01. The summed E-state index contributed by atoms with van der Waals surface area (Å²) >= 11 is 0. The molecule has 0 saturated heterocycles. The van der Waals surface area contributed by atoms with E-state index in [-0.39, 0.29) is 0 Å². The SMILES string of the molecule is BCc1c(N=O)nc(CC)n1C. The lowest BCUT2D eigenvalue weighted by molar-refractivity contribution is 0.781. The van der Waals surface area contributed by atoms with Gasteiger partial charge in [-0.1, -0.05) is 6.92 Å². The molecule has 0 amide bonds. The van der Waals surface area contributed by atoms with Gasteiger partial charge in [0.2, 0.25) is 5.82 Å². The standard InChI is InChI=1S/C7H12BN3O/c1-3-6-9-7(10-12)5(4-8)11(6)2/h3-4,8H2,1-2H3. The van der Waals surface area contributed by atoms with E-state index < -0.39 is 0 Å². The second-order valence-electron chi connectivity index (χ2n) is 2.66. The van der Waals surface area contributed by atoms with Gasteiger partial charge >= 0.3 is 0 Å². The Morgan fingerprint density at radius 2 is 2.33 bits per heavy atom. The molecule has 0 aliphatic heterocycles. The van der Waals surface area contributed by atoms with Gasteiger partial charge in [-0.15, -0.1) is 4.91 Å². The Labute approximate surface area is 72.4 Å². The van der Waals surface area contributed by atoms with Crippen LogP contribution in [0, 0.1) is 4.91 Å². The third-order valence-electron chi connectivity index (χ3n) is 2.02. The first-order valence-electron chi connectivity index (χ1n) is 4.12. The quantitative estimate of drug-likeness (QED) is 0.484. The number of nitrogens with zero attached hydrogens (tertiary/aromatic N) is 3. The molecule has 5 heteroatoms. The molecule has 1 aromatic rings. The summed E-state index contributed by atoms with van der Waals surface area (Å²) < 4.78 is 1.94. The molecule has 0 atom stereocenters. The zero-order valence-corrected chi connectivity index (χ0v) is 7.66. The van der Waals surface area contributed by atoms with Crippen LogP contribution in [-0.4, -0.2) is 17.4 Å². The molecule has 0 aromatic carbocycles. The zero-order chi connectivity index (χ0) is 9.14. The minimum atomic E-state index is 0.344. The van der Waals surface area contributed by atoms with Crippen molar-refractivity contribution in [2.45, 2.75) is 19.7 Å². The summed E-state index contributed by atoms with van der Waals surface area (Å²) in [6.07, 6.45) is 1.63. The third kappa shape index (κ3) is 1.26. The van der Waals surface area contributed by atoms with E-state index in [2.05, 4.69) is 10.2 Å². The predicted octanol–water partition coefficient (Wildman–Crippen LogP) is 0.513. The van der Waals surface area contributed by atoms with Crippen molar-refractivity contribution in [3.8, 4) is 0 Å². The first kappa shape index (κ1) is 8.97. The van der Waals surface area contributed by atoms with Crippen molar-refractivity contribution in [2.75, 3.05) is 0 Å². The second-order valence-corrected chi connectivity index (χ2v) is 2.66. The highest BCUT2D eigenvalue weighted by atomic mass is 16.3. The van der Waals surface area contributed by atoms with Gasteiger partial charge in [0.1, 0.15) is 13.7 Å². The Morgan fingerprint density at radius 1 is 1.67 bits per heavy atom. The number of hydrogen-bond acceptors (Lipinski definition) is 3. The number of imidazole rings is 1. The van der Waals surface area contributed by atoms with E-state index in [0.29, 0.717) is 5.82 Å². The van der Waals surface area contributed by atoms with Gasteiger partial charge in [0.05, 0.1) is 5.69 Å².